The van der Waals surface area contributed by atoms with Crippen LogP contribution in [0.4, 0.5) is 4.79 Å². The molecule has 3 N–H and O–H groups in total. The Kier molecular flexibility index (Phi) is 4.79. The topological polar surface area (TPSA) is 78.4 Å². The Morgan fingerprint density at radius 3 is 2.75 bits per heavy atom. The number of urea groups is 1. The van der Waals surface area contributed by atoms with Crippen LogP contribution in [0, 0.1) is 0 Å². The predicted molar refractivity (Wildman–Crippen MR) is 91.1 cm³/mol. The maximum atomic E-state index is 12.0. The van der Waals surface area contributed by atoms with Gasteiger partial charge in [-0.1, -0.05) is 36.4 Å². The van der Waals surface area contributed by atoms with Gasteiger partial charge in [0.2, 0.25) is 0 Å². The standard InChI is InChI=1S/C19H20N2O3/c22-18(23)15-6-3-4-13(10-15)11-20-19(24)21-12-16-9-8-14-5-1-2-7-17(14)16/h1-7,10,16H,8-9,11-12H2,(H,22,23)(H2,20,21,24). The fraction of sp³-hybridized carbons (Fsp3) is 0.263. The highest BCUT2D eigenvalue weighted by atomic mass is 16.4. The number of aromatic carboxylic acids is 1. The van der Waals surface area contributed by atoms with Crippen LogP contribution in [-0.2, 0) is 13.0 Å². The molecule has 124 valence electrons. The monoisotopic (exact) mass is 324 g/mol. The summed E-state index contributed by atoms with van der Waals surface area (Å²) in [6.07, 6.45) is 2.12. The lowest BCUT2D eigenvalue weighted by Gasteiger charge is -2.13. The maximum absolute atomic E-state index is 12.0. The number of hydrogen-bond acceptors (Lipinski definition) is 2. The van der Waals surface area contributed by atoms with Crippen molar-refractivity contribution in [3.63, 3.8) is 0 Å². The Hall–Kier alpha value is -2.82. The number of carboxylic acids is 1. The zero-order chi connectivity index (χ0) is 16.9. The number of nitrogens with one attached hydrogen (secondary N) is 2. The molecule has 0 radical (unpaired) electrons. The van der Waals surface area contributed by atoms with Crippen molar-refractivity contribution in [2.45, 2.75) is 25.3 Å². The molecule has 5 heteroatoms. The molecule has 24 heavy (non-hydrogen) atoms. The van der Waals surface area contributed by atoms with Gasteiger partial charge in [-0.05, 0) is 41.7 Å². The minimum absolute atomic E-state index is 0.220. The Balaban J connectivity index is 1.49. The lowest BCUT2D eigenvalue weighted by molar-refractivity contribution is 0.0696. The molecule has 5 nitrogen and oxygen atoms in total. The van der Waals surface area contributed by atoms with E-state index in [4.69, 9.17) is 5.11 Å². The van der Waals surface area contributed by atoms with Crippen molar-refractivity contribution in [3.8, 4) is 0 Å². The first-order valence-corrected chi connectivity index (χ1v) is 8.05. The molecule has 2 aromatic rings. The van der Waals surface area contributed by atoms with Crippen molar-refractivity contribution in [2.75, 3.05) is 6.54 Å². The van der Waals surface area contributed by atoms with Gasteiger partial charge in [0.1, 0.15) is 0 Å². The maximum Gasteiger partial charge on any atom is 0.335 e. The first-order valence-electron chi connectivity index (χ1n) is 8.05. The molecule has 0 aromatic heterocycles. The van der Waals surface area contributed by atoms with E-state index in [0.717, 1.165) is 18.4 Å². The van der Waals surface area contributed by atoms with Crippen molar-refractivity contribution in [1.82, 2.24) is 10.6 Å². The van der Waals surface area contributed by atoms with E-state index in [1.807, 2.05) is 12.1 Å². The number of carbonyl (C=O) groups is 2. The van der Waals surface area contributed by atoms with E-state index in [9.17, 15) is 9.59 Å². The summed E-state index contributed by atoms with van der Waals surface area (Å²) >= 11 is 0. The van der Waals surface area contributed by atoms with Crippen LogP contribution in [0.3, 0.4) is 0 Å². The highest BCUT2D eigenvalue weighted by molar-refractivity contribution is 5.87. The molecular weight excluding hydrogens is 304 g/mol. The molecule has 0 fully saturated rings. The average molecular weight is 324 g/mol. The van der Waals surface area contributed by atoms with Crippen LogP contribution < -0.4 is 10.6 Å². The summed E-state index contributed by atoms with van der Waals surface area (Å²) in [5.41, 5.74) is 3.68. The van der Waals surface area contributed by atoms with E-state index in [0.29, 0.717) is 19.0 Å². The quantitative estimate of drug-likeness (QED) is 0.791. The smallest absolute Gasteiger partial charge is 0.335 e. The predicted octanol–water partition coefficient (Wildman–Crippen LogP) is 2.91. The third-order valence-electron chi connectivity index (χ3n) is 4.39. The second-order valence-electron chi connectivity index (χ2n) is 6.00. The van der Waals surface area contributed by atoms with E-state index >= 15 is 0 Å². The van der Waals surface area contributed by atoms with Crippen LogP contribution in [0.5, 0.6) is 0 Å². The van der Waals surface area contributed by atoms with E-state index in [1.165, 1.54) is 17.2 Å². The highest BCUT2D eigenvalue weighted by Gasteiger charge is 2.22. The van der Waals surface area contributed by atoms with Gasteiger partial charge >= 0.3 is 12.0 Å². The number of benzene rings is 2. The van der Waals surface area contributed by atoms with Crippen LogP contribution in [0.2, 0.25) is 0 Å². The van der Waals surface area contributed by atoms with Crippen LogP contribution in [0.25, 0.3) is 0 Å². The second-order valence-corrected chi connectivity index (χ2v) is 6.00. The Bertz CT molecular complexity index is 758. The van der Waals surface area contributed by atoms with Crippen molar-refractivity contribution >= 4 is 12.0 Å². The molecule has 2 amide bonds. The fourth-order valence-corrected chi connectivity index (χ4v) is 3.13. The van der Waals surface area contributed by atoms with Gasteiger partial charge < -0.3 is 15.7 Å². The Morgan fingerprint density at radius 2 is 1.92 bits per heavy atom. The Labute approximate surface area is 140 Å². The van der Waals surface area contributed by atoms with Crippen molar-refractivity contribution in [2.24, 2.45) is 0 Å². The minimum atomic E-state index is -0.971. The van der Waals surface area contributed by atoms with Gasteiger partial charge in [-0.3, -0.25) is 0 Å². The molecule has 1 aliphatic carbocycles. The second kappa shape index (κ2) is 7.17. The van der Waals surface area contributed by atoms with Crippen molar-refractivity contribution < 1.29 is 14.7 Å². The van der Waals surface area contributed by atoms with Gasteiger partial charge in [-0.15, -0.1) is 0 Å². The number of hydrogen-bond donors (Lipinski definition) is 3. The number of rotatable bonds is 5. The zero-order valence-electron chi connectivity index (χ0n) is 13.3. The average Bonchev–Trinajstić information content (AvgIpc) is 3.01. The summed E-state index contributed by atoms with van der Waals surface area (Å²) in [5, 5.41) is 14.6. The molecule has 0 aliphatic heterocycles. The molecule has 1 atom stereocenters. The van der Waals surface area contributed by atoms with Crippen molar-refractivity contribution in [1.29, 1.82) is 0 Å². The molecule has 0 bridgehead atoms. The lowest BCUT2D eigenvalue weighted by Crippen LogP contribution is -2.37. The zero-order valence-corrected chi connectivity index (χ0v) is 13.3. The fourth-order valence-electron chi connectivity index (χ4n) is 3.13. The molecule has 3 rings (SSSR count). The summed E-state index contributed by atoms with van der Waals surface area (Å²) in [7, 11) is 0. The van der Waals surface area contributed by atoms with Gasteiger partial charge in [0.25, 0.3) is 0 Å². The van der Waals surface area contributed by atoms with Gasteiger partial charge in [0, 0.05) is 19.0 Å². The van der Waals surface area contributed by atoms with Crippen LogP contribution in [-0.4, -0.2) is 23.7 Å². The molecule has 1 aliphatic rings. The van der Waals surface area contributed by atoms with Crippen LogP contribution in [0.15, 0.2) is 48.5 Å². The van der Waals surface area contributed by atoms with Crippen LogP contribution >= 0.6 is 0 Å². The molecule has 0 spiro atoms. The Morgan fingerprint density at radius 1 is 1.08 bits per heavy atom. The lowest BCUT2D eigenvalue weighted by atomic mass is 10.0. The van der Waals surface area contributed by atoms with Gasteiger partial charge in [0.05, 0.1) is 5.56 Å². The first kappa shape index (κ1) is 16.1. The van der Waals surface area contributed by atoms with E-state index in [1.54, 1.807) is 18.2 Å². The molecular formula is C19H20N2O3. The highest BCUT2D eigenvalue weighted by Crippen LogP contribution is 2.31. The normalized spacial score (nSPS) is 15.6. The number of carboxylic acid groups (broad SMARTS) is 1. The van der Waals surface area contributed by atoms with E-state index in [-0.39, 0.29) is 11.6 Å². The van der Waals surface area contributed by atoms with Gasteiger partial charge in [-0.25, -0.2) is 9.59 Å². The molecule has 0 saturated carbocycles. The summed E-state index contributed by atoms with van der Waals surface area (Å²) in [6, 6.07) is 14.7. The molecule has 0 saturated heterocycles. The van der Waals surface area contributed by atoms with E-state index in [2.05, 4.69) is 22.8 Å². The first-order chi connectivity index (χ1) is 11.6. The van der Waals surface area contributed by atoms with Gasteiger partial charge in [-0.2, -0.15) is 0 Å². The molecule has 1 unspecified atom stereocenters. The minimum Gasteiger partial charge on any atom is -0.478 e. The summed E-state index contributed by atoms with van der Waals surface area (Å²) in [6.45, 7) is 0.909. The third-order valence-corrected chi connectivity index (χ3v) is 4.39. The number of amides is 2. The largest absolute Gasteiger partial charge is 0.478 e. The van der Waals surface area contributed by atoms with E-state index < -0.39 is 5.97 Å². The number of carbonyl (C=O) groups excluding carboxylic acids is 1. The molecule has 0 heterocycles. The SMILES string of the molecule is O=C(NCc1cccc(C(=O)O)c1)NCC1CCc2ccccc21. The summed E-state index contributed by atoms with van der Waals surface area (Å²) < 4.78 is 0. The third kappa shape index (κ3) is 3.74. The number of aryl methyl sites for hydroxylation is 1. The molecule has 2 aromatic carbocycles. The van der Waals surface area contributed by atoms with Crippen molar-refractivity contribution in [3.05, 3.63) is 70.8 Å². The summed E-state index contributed by atoms with van der Waals surface area (Å²) in [4.78, 5) is 22.9. The van der Waals surface area contributed by atoms with Gasteiger partial charge in [0.15, 0.2) is 0 Å². The summed E-state index contributed by atoms with van der Waals surface area (Å²) in [5.74, 6) is -0.608. The van der Waals surface area contributed by atoms with Crippen LogP contribution in [0.1, 0.15) is 39.4 Å². The number of fused-ring (bicyclic) bond motifs is 1.